The number of Topliss-reactive ketones (excluding diaryl/α,β-unsaturated/α-hetero) is 1. The predicted octanol–water partition coefficient (Wildman–Crippen LogP) is 9.28. The van der Waals surface area contributed by atoms with Gasteiger partial charge in [0.05, 0.1) is 21.5 Å². The molecule has 6 aromatic rings. The van der Waals surface area contributed by atoms with Crippen LogP contribution in [-0.2, 0) is 26.5 Å². The van der Waals surface area contributed by atoms with Crippen LogP contribution in [0.25, 0.3) is 10.2 Å². The number of ketones is 1. The van der Waals surface area contributed by atoms with E-state index in [1.54, 1.807) is 70.8 Å². The lowest BCUT2D eigenvalue weighted by molar-refractivity contribution is -0.126. The monoisotopic (exact) mass is 920 g/mol. The Kier molecular flexibility index (Phi) is 12.9. The molecule has 9 rings (SSSR count). The van der Waals surface area contributed by atoms with Crippen molar-refractivity contribution in [2.45, 2.75) is 83.8 Å². The maximum Gasteiger partial charge on any atom is 0.340 e. The van der Waals surface area contributed by atoms with E-state index in [2.05, 4.69) is 10.6 Å². The molecular weight excluding hydrogens is 865 g/mol. The minimum Gasteiger partial charge on any atom is -0.456 e. The molecule has 346 valence electrons. The van der Waals surface area contributed by atoms with Gasteiger partial charge >= 0.3 is 5.97 Å². The lowest BCUT2D eigenvalue weighted by Gasteiger charge is -2.36. The molecule has 14 heteroatoms. The molecular formula is C53H56N6O7S. The van der Waals surface area contributed by atoms with Crippen LogP contribution in [0.3, 0.4) is 0 Å². The summed E-state index contributed by atoms with van der Waals surface area (Å²) in [6, 6.07) is 27.2. The quantitative estimate of drug-likeness (QED) is 0.0318. The summed E-state index contributed by atoms with van der Waals surface area (Å²) in [6.45, 7) is 5.64. The number of carbonyl (C=O) groups excluding carboxylic acids is 5. The van der Waals surface area contributed by atoms with Crippen LogP contribution in [0.4, 0.5) is 17.1 Å². The van der Waals surface area contributed by atoms with Crippen LogP contribution in [0.5, 0.6) is 11.5 Å². The average Bonchev–Trinajstić information content (AvgIpc) is 4.00. The number of aromatic nitrogens is 1. The fraction of sp³-hybridized carbons (Fsp3) is 0.340. The molecule has 1 aliphatic carbocycles. The highest BCUT2D eigenvalue weighted by atomic mass is 32.1. The third kappa shape index (κ3) is 9.02. The van der Waals surface area contributed by atoms with Gasteiger partial charge in [-0.15, -0.1) is 11.3 Å². The van der Waals surface area contributed by atoms with Crippen LogP contribution < -0.4 is 31.7 Å². The Morgan fingerprint density at radius 3 is 2.19 bits per heavy atom. The van der Waals surface area contributed by atoms with E-state index in [0.717, 1.165) is 72.8 Å². The number of hydrogen-bond acceptors (Lipinski definition) is 10. The van der Waals surface area contributed by atoms with Crippen molar-refractivity contribution in [3.8, 4) is 11.5 Å². The number of nitrogens with one attached hydrogen (secondary N) is 2. The van der Waals surface area contributed by atoms with Gasteiger partial charge in [0.2, 0.25) is 11.8 Å². The average molecular weight is 921 g/mol. The number of nitrogen functional groups attached to an aromatic ring is 2. The molecule has 3 amide bonds. The van der Waals surface area contributed by atoms with Crippen LogP contribution in [-0.4, -0.2) is 53.7 Å². The largest absolute Gasteiger partial charge is 0.456 e. The number of unbranched alkanes of at least 4 members (excludes halogenated alkanes) is 3. The van der Waals surface area contributed by atoms with E-state index in [1.807, 2.05) is 60.2 Å². The normalized spacial score (nSPS) is 16.7. The molecule has 0 bridgehead atoms. The summed E-state index contributed by atoms with van der Waals surface area (Å²) in [7, 11) is 0. The van der Waals surface area contributed by atoms with Crippen molar-refractivity contribution < 1.29 is 33.4 Å². The van der Waals surface area contributed by atoms with Gasteiger partial charge in [0.25, 0.3) is 5.91 Å². The zero-order chi connectivity index (χ0) is 46.8. The number of thiophene rings is 1. The topological polar surface area (TPSA) is 188 Å². The summed E-state index contributed by atoms with van der Waals surface area (Å²) in [5.74, 6) is 0.285. The number of hydrogen-bond donors (Lipinski definition) is 4. The summed E-state index contributed by atoms with van der Waals surface area (Å²) in [4.78, 5) is 69.2. The van der Waals surface area contributed by atoms with E-state index in [9.17, 15) is 24.0 Å². The van der Waals surface area contributed by atoms with Crippen molar-refractivity contribution in [3.63, 3.8) is 0 Å². The second kappa shape index (κ2) is 19.1. The first kappa shape index (κ1) is 45.2. The summed E-state index contributed by atoms with van der Waals surface area (Å²) < 4.78 is 15.3. The number of nitrogens with zero attached hydrogens (tertiary/aromatic N) is 2. The number of benzene rings is 4. The van der Waals surface area contributed by atoms with Gasteiger partial charge in [-0.3, -0.25) is 19.2 Å². The van der Waals surface area contributed by atoms with Crippen LogP contribution >= 0.6 is 11.3 Å². The van der Waals surface area contributed by atoms with Crippen molar-refractivity contribution in [3.05, 3.63) is 135 Å². The van der Waals surface area contributed by atoms with E-state index in [1.165, 1.54) is 0 Å². The summed E-state index contributed by atoms with van der Waals surface area (Å²) >= 11 is 1.57. The number of carbonyl (C=O) groups is 5. The van der Waals surface area contributed by atoms with Gasteiger partial charge in [0.15, 0.2) is 11.4 Å². The molecule has 2 aliphatic heterocycles. The fourth-order valence-electron chi connectivity index (χ4n) is 10.1. The van der Waals surface area contributed by atoms with Crippen LogP contribution in [0.2, 0.25) is 0 Å². The standard InChI is InChI=1S/C53H56N6O7S/c1-3-58(38-10-8-9-32(2)25-38)49(61)31-59-43-21-24-67-48(43)30-44(59)45(60)26-33-11-13-34(14-12-33)50(62)56-22-6-4-5-7-23-57-51(63)35-15-18-39-42(27-35)53(66-52(39)64)40-19-16-36(54)28-46(40)65-47-29-37(55)17-20-41(47)53/h8-10,15-21,24-25,27-30,33-34H,3-7,11-14,22-23,26,31,54-55H2,1-2H3,(H,56,62)(H,57,63). The number of aryl methyl sites for hydroxylation is 1. The number of anilines is 3. The Morgan fingerprint density at radius 2 is 1.51 bits per heavy atom. The summed E-state index contributed by atoms with van der Waals surface area (Å²) in [5.41, 5.74) is 17.7. The number of rotatable bonds is 16. The van der Waals surface area contributed by atoms with E-state index < -0.39 is 11.6 Å². The number of fused-ring (bicyclic) bond motifs is 7. The molecule has 1 spiro atoms. The predicted molar refractivity (Wildman–Crippen MR) is 261 cm³/mol. The van der Waals surface area contributed by atoms with Crippen molar-refractivity contribution in [2.24, 2.45) is 11.8 Å². The van der Waals surface area contributed by atoms with E-state index >= 15 is 0 Å². The molecule has 0 unspecified atom stereocenters. The van der Waals surface area contributed by atoms with Crippen LogP contribution in [0.15, 0.2) is 96.4 Å². The molecule has 0 radical (unpaired) electrons. The fourth-order valence-corrected chi connectivity index (χ4v) is 10.9. The first-order valence-electron chi connectivity index (χ1n) is 23.3. The van der Waals surface area contributed by atoms with Crippen LogP contribution in [0, 0.1) is 18.8 Å². The second-order valence-corrected chi connectivity index (χ2v) is 19.0. The van der Waals surface area contributed by atoms with Gasteiger partial charge < -0.3 is 41.0 Å². The molecule has 0 saturated heterocycles. The van der Waals surface area contributed by atoms with Crippen LogP contribution in [0.1, 0.15) is 118 Å². The SMILES string of the molecule is CCN(C(=O)Cn1c(C(=O)CC2CCC(C(=O)NCCCCCCNC(=O)c3ccc4c(c3)C3(OC4=O)c4ccc(N)cc4Oc4cc(N)ccc43)CC2)cc2sccc21)c1cccc(C)c1. The Labute approximate surface area is 393 Å². The molecule has 1 fully saturated rings. The Balaban J connectivity index is 0.710. The number of esters is 1. The highest BCUT2D eigenvalue weighted by Crippen LogP contribution is 2.56. The highest BCUT2D eigenvalue weighted by Gasteiger charge is 2.54. The molecule has 2 aromatic heterocycles. The molecule has 4 heterocycles. The van der Waals surface area contributed by atoms with Gasteiger partial charge in [-0.05, 0) is 136 Å². The third-order valence-corrected chi connectivity index (χ3v) is 14.4. The zero-order valence-electron chi connectivity index (χ0n) is 37.9. The lowest BCUT2D eigenvalue weighted by atomic mass is 9.77. The first-order chi connectivity index (χ1) is 32.4. The molecule has 3 aliphatic rings. The van der Waals surface area contributed by atoms with Gasteiger partial charge in [0, 0.05) is 83.4 Å². The van der Waals surface area contributed by atoms with E-state index in [-0.39, 0.29) is 41.9 Å². The van der Waals surface area contributed by atoms with Gasteiger partial charge in [0.1, 0.15) is 18.0 Å². The number of nitrogens with two attached hydrogens (primary N) is 2. The highest BCUT2D eigenvalue weighted by molar-refractivity contribution is 7.17. The van der Waals surface area contributed by atoms with Crippen molar-refractivity contribution >= 4 is 68.1 Å². The van der Waals surface area contributed by atoms with Crippen molar-refractivity contribution in [1.29, 1.82) is 0 Å². The summed E-state index contributed by atoms with van der Waals surface area (Å²) in [5, 5.41) is 8.14. The first-order valence-corrected chi connectivity index (χ1v) is 24.2. The molecule has 0 atom stereocenters. The second-order valence-electron chi connectivity index (χ2n) is 18.0. The molecule has 13 nitrogen and oxygen atoms in total. The molecule has 4 aromatic carbocycles. The smallest absolute Gasteiger partial charge is 0.340 e. The lowest BCUT2D eigenvalue weighted by Crippen LogP contribution is -2.35. The Morgan fingerprint density at radius 1 is 0.806 bits per heavy atom. The molecule has 67 heavy (non-hydrogen) atoms. The number of ether oxygens (including phenoxy) is 2. The van der Waals surface area contributed by atoms with Crippen molar-refractivity contribution in [1.82, 2.24) is 15.2 Å². The third-order valence-electron chi connectivity index (χ3n) is 13.5. The Bertz CT molecular complexity index is 2840. The zero-order valence-corrected chi connectivity index (χ0v) is 38.7. The number of amides is 3. The van der Waals surface area contributed by atoms with Gasteiger partial charge in [-0.25, -0.2) is 4.79 Å². The summed E-state index contributed by atoms with van der Waals surface area (Å²) in [6.07, 6.45) is 6.87. The maximum atomic E-state index is 13.8. The number of likely N-dealkylation sites (N-methyl/N-ethyl adjacent to an activating group) is 1. The maximum absolute atomic E-state index is 13.8. The van der Waals surface area contributed by atoms with Crippen molar-refractivity contribution in [2.75, 3.05) is 36.0 Å². The molecule has 1 saturated carbocycles. The molecule has 6 N–H and O–H groups in total. The minimum absolute atomic E-state index is 0.0398. The van der Waals surface area contributed by atoms with Gasteiger partial charge in [-0.1, -0.05) is 25.0 Å². The van der Waals surface area contributed by atoms with E-state index in [0.29, 0.717) is 82.4 Å². The Hall–Kier alpha value is -6.93. The minimum atomic E-state index is -1.35. The van der Waals surface area contributed by atoms with E-state index in [4.69, 9.17) is 20.9 Å². The van der Waals surface area contributed by atoms with Gasteiger partial charge in [-0.2, -0.15) is 0 Å².